The maximum atomic E-state index is 4.74. The molecule has 3 heterocycles. The minimum Gasteiger partial charge on any atom is -0.309 e. The molecule has 0 saturated carbocycles. The predicted molar refractivity (Wildman–Crippen MR) is 209 cm³/mol. The van der Waals surface area contributed by atoms with Crippen LogP contribution >= 0.6 is 0 Å². The van der Waals surface area contributed by atoms with Gasteiger partial charge in [-0.2, -0.15) is 0 Å². The normalized spacial score (nSPS) is 11.6. The van der Waals surface area contributed by atoms with E-state index in [1.807, 2.05) is 12.4 Å². The Morgan fingerprint density at radius 3 is 1.48 bits per heavy atom. The van der Waals surface area contributed by atoms with Crippen molar-refractivity contribution in [3.05, 3.63) is 188 Å². The molecule has 3 aromatic heterocycles. The second-order valence-corrected chi connectivity index (χ2v) is 12.9. The first-order valence-corrected chi connectivity index (χ1v) is 17.0. The maximum Gasteiger partial charge on any atom is 0.0651 e. The van der Waals surface area contributed by atoms with Gasteiger partial charge >= 0.3 is 0 Å². The van der Waals surface area contributed by atoms with Crippen molar-refractivity contribution in [3.63, 3.8) is 0 Å². The fourth-order valence-electron chi connectivity index (χ4n) is 7.66. The van der Waals surface area contributed by atoms with Gasteiger partial charge in [-0.3, -0.25) is 4.98 Å². The lowest BCUT2D eigenvalue weighted by atomic mass is 9.98. The van der Waals surface area contributed by atoms with Crippen LogP contribution in [0.3, 0.4) is 0 Å². The largest absolute Gasteiger partial charge is 0.309 e. The highest BCUT2D eigenvalue weighted by Gasteiger charge is 2.18. The molecule has 10 aromatic rings. The van der Waals surface area contributed by atoms with Gasteiger partial charge in [-0.05, 0) is 82.4 Å². The van der Waals surface area contributed by atoms with E-state index in [2.05, 4.69) is 185 Å². The van der Waals surface area contributed by atoms with Crippen molar-refractivity contribution in [1.29, 1.82) is 0 Å². The average molecular weight is 638 g/mol. The van der Waals surface area contributed by atoms with Crippen LogP contribution in [0.5, 0.6) is 0 Å². The van der Waals surface area contributed by atoms with Gasteiger partial charge in [0.05, 0.1) is 34.0 Å². The van der Waals surface area contributed by atoms with Crippen LogP contribution in [0.2, 0.25) is 0 Å². The van der Waals surface area contributed by atoms with Crippen molar-refractivity contribution in [2.45, 2.75) is 0 Å². The second-order valence-electron chi connectivity index (χ2n) is 12.9. The van der Waals surface area contributed by atoms with E-state index in [4.69, 9.17) is 4.98 Å². The van der Waals surface area contributed by atoms with Crippen LogP contribution in [0, 0.1) is 0 Å². The van der Waals surface area contributed by atoms with Crippen LogP contribution in [0.25, 0.3) is 88.4 Å². The quantitative estimate of drug-likeness (QED) is 0.184. The van der Waals surface area contributed by atoms with Crippen LogP contribution in [-0.2, 0) is 0 Å². The van der Waals surface area contributed by atoms with Gasteiger partial charge in [0.1, 0.15) is 0 Å². The van der Waals surface area contributed by atoms with Crippen LogP contribution in [0.15, 0.2) is 188 Å². The third kappa shape index (κ3) is 4.56. The molecule has 0 radical (unpaired) electrons. The first-order chi connectivity index (χ1) is 24.8. The molecule has 0 N–H and O–H groups in total. The van der Waals surface area contributed by atoms with Gasteiger partial charge in [0.25, 0.3) is 0 Å². The van der Waals surface area contributed by atoms with Crippen LogP contribution in [0.1, 0.15) is 0 Å². The molecule has 0 spiro atoms. The van der Waals surface area contributed by atoms with E-state index in [9.17, 15) is 0 Å². The van der Waals surface area contributed by atoms with Crippen molar-refractivity contribution < 1.29 is 0 Å². The Morgan fingerprint density at radius 1 is 0.280 bits per heavy atom. The Labute approximate surface area is 290 Å². The van der Waals surface area contributed by atoms with Gasteiger partial charge in [-0.1, -0.05) is 121 Å². The average Bonchev–Trinajstić information content (AvgIpc) is 3.71. The standard InChI is InChI=1S/C47H31N3/c1-3-12-32(13-4-1)34-16-11-17-35(26-34)36-22-24-46-42(28-36)43-29-38(49-44-20-9-7-18-40(44)41-19-8-10-21-45(41)49)23-25-47(43)50(46)39-27-37(30-48-31-39)33-14-5-2-6-15-33/h1-31H. The Balaban J connectivity index is 1.23. The molecule has 0 aliphatic rings. The molecule has 0 unspecified atom stereocenters. The first kappa shape index (κ1) is 28.3. The lowest BCUT2D eigenvalue weighted by Crippen LogP contribution is -1.97. The summed E-state index contributed by atoms with van der Waals surface area (Å²) in [5.41, 5.74) is 13.9. The summed E-state index contributed by atoms with van der Waals surface area (Å²) in [4.78, 5) is 4.74. The molecule has 0 aliphatic heterocycles. The number of pyridine rings is 1. The summed E-state index contributed by atoms with van der Waals surface area (Å²) >= 11 is 0. The molecule has 0 atom stereocenters. The lowest BCUT2D eigenvalue weighted by Gasteiger charge is -2.11. The smallest absolute Gasteiger partial charge is 0.0651 e. The molecular weight excluding hydrogens is 607 g/mol. The number of fused-ring (bicyclic) bond motifs is 6. The number of hydrogen-bond donors (Lipinski definition) is 0. The highest BCUT2D eigenvalue weighted by Crippen LogP contribution is 2.39. The molecule has 10 rings (SSSR count). The zero-order valence-corrected chi connectivity index (χ0v) is 27.2. The van der Waals surface area contributed by atoms with Gasteiger partial charge in [-0.25, -0.2) is 0 Å². The topological polar surface area (TPSA) is 22.8 Å². The van der Waals surface area contributed by atoms with Crippen molar-refractivity contribution >= 4 is 43.6 Å². The molecule has 50 heavy (non-hydrogen) atoms. The summed E-state index contributed by atoms with van der Waals surface area (Å²) in [5, 5.41) is 4.92. The molecule has 0 amide bonds. The van der Waals surface area contributed by atoms with E-state index in [1.165, 1.54) is 54.8 Å². The van der Waals surface area contributed by atoms with E-state index in [-0.39, 0.29) is 0 Å². The number of hydrogen-bond acceptors (Lipinski definition) is 1. The summed E-state index contributed by atoms with van der Waals surface area (Å²) in [6.45, 7) is 0. The van der Waals surface area contributed by atoms with Crippen molar-refractivity contribution in [2.75, 3.05) is 0 Å². The maximum absolute atomic E-state index is 4.74. The summed E-state index contributed by atoms with van der Waals surface area (Å²) in [7, 11) is 0. The SMILES string of the molecule is c1ccc(-c2cccc(-c3ccc4c(c3)c3cc(-n5c6ccccc6c6ccccc65)ccc3n4-c3cncc(-c4ccccc4)c3)c2)cc1. The van der Waals surface area contributed by atoms with E-state index >= 15 is 0 Å². The van der Waals surface area contributed by atoms with Gasteiger partial charge in [0.2, 0.25) is 0 Å². The van der Waals surface area contributed by atoms with Crippen LogP contribution < -0.4 is 0 Å². The minimum atomic E-state index is 1.04. The molecule has 234 valence electrons. The Morgan fingerprint density at radius 2 is 0.780 bits per heavy atom. The number of rotatable bonds is 5. The van der Waals surface area contributed by atoms with E-state index in [0.29, 0.717) is 0 Å². The number of benzene rings is 7. The van der Waals surface area contributed by atoms with E-state index in [0.717, 1.165) is 33.5 Å². The molecule has 0 bridgehead atoms. The van der Waals surface area contributed by atoms with Gasteiger partial charge in [0.15, 0.2) is 0 Å². The summed E-state index contributed by atoms with van der Waals surface area (Å²) in [6, 6.07) is 63.4. The highest BCUT2D eigenvalue weighted by atomic mass is 15.0. The van der Waals surface area contributed by atoms with Crippen molar-refractivity contribution in [2.24, 2.45) is 0 Å². The molecular formula is C47H31N3. The number of aromatic nitrogens is 3. The second kappa shape index (κ2) is 11.5. The third-order valence-electron chi connectivity index (χ3n) is 9.98. The molecule has 3 heteroatoms. The molecule has 0 aliphatic carbocycles. The van der Waals surface area contributed by atoms with E-state index in [1.54, 1.807) is 0 Å². The van der Waals surface area contributed by atoms with Crippen molar-refractivity contribution in [1.82, 2.24) is 14.1 Å². The molecule has 3 nitrogen and oxygen atoms in total. The lowest BCUT2D eigenvalue weighted by molar-refractivity contribution is 1.14. The summed E-state index contributed by atoms with van der Waals surface area (Å²) in [5.74, 6) is 0. The van der Waals surface area contributed by atoms with Crippen LogP contribution in [-0.4, -0.2) is 14.1 Å². The van der Waals surface area contributed by atoms with E-state index < -0.39 is 0 Å². The van der Waals surface area contributed by atoms with Crippen LogP contribution in [0.4, 0.5) is 0 Å². The third-order valence-corrected chi connectivity index (χ3v) is 9.98. The Kier molecular flexibility index (Phi) is 6.49. The minimum absolute atomic E-state index is 1.04. The van der Waals surface area contributed by atoms with Gasteiger partial charge in [0, 0.05) is 39.0 Å². The van der Waals surface area contributed by atoms with Gasteiger partial charge < -0.3 is 9.13 Å². The van der Waals surface area contributed by atoms with Crippen molar-refractivity contribution in [3.8, 4) is 44.8 Å². The monoisotopic (exact) mass is 637 g/mol. The zero-order chi connectivity index (χ0) is 33.0. The molecule has 0 saturated heterocycles. The first-order valence-electron chi connectivity index (χ1n) is 17.0. The molecule has 0 fully saturated rings. The summed E-state index contributed by atoms with van der Waals surface area (Å²) in [6.07, 6.45) is 3.92. The summed E-state index contributed by atoms with van der Waals surface area (Å²) < 4.78 is 4.77. The fraction of sp³-hybridized carbons (Fsp3) is 0. The number of para-hydroxylation sites is 2. The highest BCUT2D eigenvalue weighted by molar-refractivity contribution is 6.13. The molecule has 7 aromatic carbocycles. The van der Waals surface area contributed by atoms with Gasteiger partial charge in [-0.15, -0.1) is 0 Å². The Bertz CT molecular complexity index is 2810. The number of nitrogens with zero attached hydrogens (tertiary/aromatic N) is 3. The Hall–Kier alpha value is -6.71. The zero-order valence-electron chi connectivity index (χ0n) is 27.2. The fourth-order valence-corrected chi connectivity index (χ4v) is 7.66. The predicted octanol–water partition coefficient (Wildman–Crippen LogP) is 12.3.